The van der Waals surface area contributed by atoms with Crippen molar-refractivity contribution < 1.29 is 14.3 Å². The van der Waals surface area contributed by atoms with E-state index in [1.54, 1.807) is 12.1 Å². The zero-order valence-electron chi connectivity index (χ0n) is 9.19. The molecule has 0 saturated heterocycles. The van der Waals surface area contributed by atoms with Crippen LogP contribution in [0.5, 0.6) is 0 Å². The molecule has 2 rings (SSSR count). The van der Waals surface area contributed by atoms with Gasteiger partial charge in [-0.05, 0) is 28.1 Å². The van der Waals surface area contributed by atoms with Gasteiger partial charge in [-0.3, -0.25) is 4.79 Å². The van der Waals surface area contributed by atoms with E-state index in [-0.39, 0.29) is 12.2 Å². The van der Waals surface area contributed by atoms with Crippen molar-refractivity contribution in [1.82, 2.24) is 4.98 Å². The summed E-state index contributed by atoms with van der Waals surface area (Å²) in [5.74, 6) is -1.17. The average Bonchev–Trinajstić information content (AvgIpc) is 2.68. The summed E-state index contributed by atoms with van der Waals surface area (Å²) in [6.07, 6.45) is 0.395. The van der Waals surface area contributed by atoms with Gasteiger partial charge in [0, 0.05) is 12.0 Å². The molecule has 18 heavy (non-hydrogen) atoms. The number of carbonyl (C=O) groups is 1. The van der Waals surface area contributed by atoms with Crippen LogP contribution in [-0.4, -0.2) is 16.1 Å². The first-order chi connectivity index (χ1) is 8.56. The third kappa shape index (κ3) is 3.14. The summed E-state index contributed by atoms with van der Waals surface area (Å²) in [4.78, 5) is 14.9. The second-order valence-electron chi connectivity index (χ2n) is 3.64. The van der Waals surface area contributed by atoms with E-state index < -0.39 is 5.97 Å². The molecule has 0 aliphatic rings. The lowest BCUT2D eigenvalue weighted by molar-refractivity contribution is -0.136. The minimum Gasteiger partial charge on any atom is -0.481 e. The fraction of sp³-hybridized carbons (Fsp3) is 0.167. The molecule has 0 aliphatic heterocycles. The van der Waals surface area contributed by atoms with E-state index in [2.05, 4.69) is 20.9 Å². The Bertz CT molecular complexity index is 585. The van der Waals surface area contributed by atoms with Crippen LogP contribution in [0.2, 0.25) is 0 Å². The topological polar surface area (TPSA) is 50.2 Å². The Morgan fingerprint density at radius 1 is 1.50 bits per heavy atom. The molecule has 0 amide bonds. The number of benzene rings is 1. The molecule has 0 radical (unpaired) electrons. The predicted molar refractivity (Wildman–Crippen MR) is 71.2 cm³/mol. The van der Waals surface area contributed by atoms with E-state index in [0.29, 0.717) is 22.7 Å². The summed E-state index contributed by atoms with van der Waals surface area (Å²) in [6.45, 7) is 0. The van der Waals surface area contributed by atoms with Crippen molar-refractivity contribution in [2.75, 3.05) is 0 Å². The van der Waals surface area contributed by atoms with Gasteiger partial charge in [-0.15, -0.1) is 11.3 Å². The highest BCUT2D eigenvalue weighted by Gasteiger charge is 2.12. The molecular formula is C12H9BrFNO2S. The highest BCUT2D eigenvalue weighted by molar-refractivity contribution is 9.11. The Hall–Kier alpha value is -1.27. The first-order valence-corrected chi connectivity index (χ1v) is 6.80. The van der Waals surface area contributed by atoms with Crippen LogP contribution in [0.25, 0.3) is 10.6 Å². The van der Waals surface area contributed by atoms with Gasteiger partial charge in [0.05, 0.1) is 15.9 Å². The molecule has 94 valence electrons. The molecule has 0 unspecified atom stereocenters. The van der Waals surface area contributed by atoms with E-state index in [1.165, 1.54) is 23.5 Å². The van der Waals surface area contributed by atoms with Crippen LogP contribution in [0.15, 0.2) is 28.1 Å². The van der Waals surface area contributed by atoms with Crippen LogP contribution < -0.4 is 0 Å². The third-order valence-corrected chi connectivity index (χ3v) is 4.18. The Morgan fingerprint density at radius 2 is 2.28 bits per heavy atom. The number of aryl methyl sites for hydroxylation is 1. The van der Waals surface area contributed by atoms with Gasteiger partial charge in [-0.2, -0.15) is 0 Å². The van der Waals surface area contributed by atoms with Crippen LogP contribution in [0, 0.1) is 5.82 Å². The number of aliphatic carboxylic acids is 1. The summed E-state index contributed by atoms with van der Waals surface area (Å²) < 4.78 is 13.9. The number of halogens is 2. The van der Waals surface area contributed by atoms with Crippen LogP contribution >= 0.6 is 27.3 Å². The molecule has 0 fully saturated rings. The average molecular weight is 330 g/mol. The van der Waals surface area contributed by atoms with Crippen molar-refractivity contribution in [2.45, 2.75) is 12.8 Å². The SMILES string of the molecule is O=C(O)CCc1nc(-c2cccc(F)c2)sc1Br. The number of aromatic nitrogens is 1. The monoisotopic (exact) mass is 329 g/mol. The van der Waals surface area contributed by atoms with Crippen LogP contribution in [0.3, 0.4) is 0 Å². The fourth-order valence-electron chi connectivity index (χ4n) is 1.46. The maximum absolute atomic E-state index is 13.1. The first-order valence-electron chi connectivity index (χ1n) is 5.19. The zero-order chi connectivity index (χ0) is 13.1. The van der Waals surface area contributed by atoms with Crippen LogP contribution in [0.4, 0.5) is 4.39 Å². The van der Waals surface area contributed by atoms with Gasteiger partial charge in [0.1, 0.15) is 10.8 Å². The minimum absolute atomic E-state index is 0.0327. The van der Waals surface area contributed by atoms with Gasteiger partial charge in [0.2, 0.25) is 0 Å². The number of hydrogen-bond donors (Lipinski definition) is 1. The van der Waals surface area contributed by atoms with Gasteiger partial charge in [-0.25, -0.2) is 9.37 Å². The molecule has 1 N–H and O–H groups in total. The zero-order valence-corrected chi connectivity index (χ0v) is 11.6. The molecule has 2 aromatic rings. The van der Waals surface area contributed by atoms with Crippen molar-refractivity contribution in [3.05, 3.63) is 39.6 Å². The molecule has 0 spiro atoms. The van der Waals surface area contributed by atoms with Crippen molar-refractivity contribution in [2.24, 2.45) is 0 Å². The molecule has 0 atom stereocenters. The highest BCUT2D eigenvalue weighted by atomic mass is 79.9. The van der Waals surface area contributed by atoms with Crippen molar-refractivity contribution >= 4 is 33.2 Å². The van der Waals surface area contributed by atoms with Gasteiger partial charge in [0.25, 0.3) is 0 Å². The molecular weight excluding hydrogens is 321 g/mol. The van der Waals surface area contributed by atoms with Gasteiger partial charge in [-0.1, -0.05) is 12.1 Å². The summed E-state index contributed by atoms with van der Waals surface area (Å²) in [5.41, 5.74) is 1.39. The number of rotatable bonds is 4. The van der Waals surface area contributed by atoms with Gasteiger partial charge in [0.15, 0.2) is 0 Å². The van der Waals surface area contributed by atoms with Crippen molar-refractivity contribution in [1.29, 1.82) is 0 Å². The maximum Gasteiger partial charge on any atom is 0.303 e. The molecule has 1 aromatic carbocycles. The summed E-state index contributed by atoms with van der Waals surface area (Å²) in [6, 6.07) is 6.18. The smallest absolute Gasteiger partial charge is 0.303 e. The van der Waals surface area contributed by atoms with E-state index in [1.807, 2.05) is 0 Å². The second kappa shape index (κ2) is 5.58. The quantitative estimate of drug-likeness (QED) is 0.929. The third-order valence-electron chi connectivity index (χ3n) is 2.30. The van der Waals surface area contributed by atoms with E-state index in [4.69, 9.17) is 5.11 Å². The Labute approximate surface area is 115 Å². The van der Waals surface area contributed by atoms with Gasteiger partial charge >= 0.3 is 5.97 Å². The number of thiazole rings is 1. The molecule has 1 aromatic heterocycles. The van der Waals surface area contributed by atoms with Gasteiger partial charge < -0.3 is 5.11 Å². The first kappa shape index (κ1) is 13.2. The fourth-order valence-corrected chi connectivity index (χ4v) is 3.04. The van der Waals surface area contributed by atoms with Crippen LogP contribution in [-0.2, 0) is 11.2 Å². The van der Waals surface area contributed by atoms with E-state index >= 15 is 0 Å². The standard InChI is InChI=1S/C12H9BrFNO2S/c13-11-9(4-5-10(16)17)15-12(18-11)7-2-1-3-8(14)6-7/h1-3,6H,4-5H2,(H,16,17). The lowest BCUT2D eigenvalue weighted by Crippen LogP contribution is -1.98. The van der Waals surface area contributed by atoms with E-state index in [0.717, 1.165) is 3.79 Å². The van der Waals surface area contributed by atoms with Crippen LogP contribution in [0.1, 0.15) is 12.1 Å². The lowest BCUT2D eigenvalue weighted by Gasteiger charge is -1.95. The molecule has 6 heteroatoms. The van der Waals surface area contributed by atoms with Crippen molar-refractivity contribution in [3.8, 4) is 10.6 Å². The highest BCUT2D eigenvalue weighted by Crippen LogP contribution is 2.32. The Kier molecular flexibility index (Phi) is 4.08. The van der Waals surface area contributed by atoms with Crippen molar-refractivity contribution in [3.63, 3.8) is 0 Å². The number of carboxylic acid groups (broad SMARTS) is 1. The number of hydrogen-bond acceptors (Lipinski definition) is 3. The molecule has 1 heterocycles. The normalized spacial score (nSPS) is 10.6. The number of nitrogens with zero attached hydrogens (tertiary/aromatic N) is 1. The lowest BCUT2D eigenvalue weighted by atomic mass is 10.2. The maximum atomic E-state index is 13.1. The Morgan fingerprint density at radius 3 is 2.94 bits per heavy atom. The molecule has 3 nitrogen and oxygen atoms in total. The number of carboxylic acids is 1. The summed E-state index contributed by atoms with van der Waals surface area (Å²) in [5, 5.41) is 9.32. The molecule has 0 aliphatic carbocycles. The second-order valence-corrected chi connectivity index (χ2v) is 5.96. The Balaban J connectivity index is 2.25. The largest absolute Gasteiger partial charge is 0.481 e. The predicted octanol–water partition coefficient (Wildman–Crippen LogP) is 3.73. The summed E-state index contributed by atoms with van der Waals surface area (Å²) >= 11 is 4.73. The minimum atomic E-state index is -0.859. The molecule has 0 saturated carbocycles. The molecule has 0 bridgehead atoms. The van der Waals surface area contributed by atoms with E-state index in [9.17, 15) is 9.18 Å². The summed E-state index contributed by atoms with van der Waals surface area (Å²) in [7, 11) is 0.